The smallest absolute Gasteiger partial charge is 0.222 e. The van der Waals surface area contributed by atoms with Gasteiger partial charge in [-0.05, 0) is 13.3 Å². The molecule has 1 rings (SSSR count). The highest BCUT2D eigenvalue weighted by Crippen LogP contribution is 2.10. The Morgan fingerprint density at radius 3 is 2.41 bits per heavy atom. The van der Waals surface area contributed by atoms with E-state index in [-0.39, 0.29) is 5.91 Å². The minimum absolute atomic E-state index is 0.286. The lowest BCUT2D eigenvalue weighted by atomic mass is 10.1. The first-order chi connectivity index (χ1) is 8.04. The van der Waals surface area contributed by atoms with Crippen LogP contribution in [-0.2, 0) is 4.79 Å². The molecule has 0 bridgehead atoms. The van der Waals surface area contributed by atoms with Gasteiger partial charge in [-0.1, -0.05) is 19.1 Å². The van der Waals surface area contributed by atoms with E-state index in [1.165, 1.54) is 0 Å². The van der Waals surface area contributed by atoms with Crippen LogP contribution < -0.4 is 5.73 Å². The predicted octanol–water partition coefficient (Wildman–Crippen LogP) is 0.995. The van der Waals surface area contributed by atoms with Crippen LogP contribution in [0, 0.1) is 0 Å². The second-order valence-corrected chi connectivity index (χ2v) is 5.21. The maximum atomic E-state index is 11.7. The second-order valence-electron chi connectivity index (χ2n) is 4.69. The zero-order valence-corrected chi connectivity index (χ0v) is 11.6. The third-order valence-electron chi connectivity index (χ3n) is 3.25. The van der Waals surface area contributed by atoms with E-state index in [4.69, 9.17) is 18.0 Å². The number of carbonyl (C=O) groups is 1. The van der Waals surface area contributed by atoms with Gasteiger partial charge in [0.1, 0.15) is 0 Å². The zero-order valence-electron chi connectivity index (χ0n) is 10.8. The number of amides is 1. The van der Waals surface area contributed by atoms with Gasteiger partial charge in [-0.25, -0.2) is 0 Å². The van der Waals surface area contributed by atoms with Crippen molar-refractivity contribution in [3.05, 3.63) is 0 Å². The molecule has 1 heterocycles. The van der Waals surface area contributed by atoms with Crippen molar-refractivity contribution >= 4 is 23.1 Å². The molecule has 1 aliphatic rings. The van der Waals surface area contributed by atoms with Crippen molar-refractivity contribution in [2.75, 3.05) is 26.2 Å². The lowest BCUT2D eigenvalue weighted by Crippen LogP contribution is -2.51. The Bertz CT molecular complexity index is 275. The summed E-state index contributed by atoms with van der Waals surface area (Å²) in [4.78, 5) is 16.6. The molecule has 17 heavy (non-hydrogen) atoms. The fourth-order valence-corrected chi connectivity index (χ4v) is 2.45. The van der Waals surface area contributed by atoms with Crippen molar-refractivity contribution in [3.63, 3.8) is 0 Å². The van der Waals surface area contributed by atoms with Crippen molar-refractivity contribution in [2.45, 2.75) is 39.2 Å². The molecule has 1 amide bonds. The van der Waals surface area contributed by atoms with Crippen LogP contribution in [0.15, 0.2) is 0 Å². The maximum absolute atomic E-state index is 11.7. The normalized spacial score (nSPS) is 19.1. The van der Waals surface area contributed by atoms with Crippen molar-refractivity contribution in [1.82, 2.24) is 9.80 Å². The van der Waals surface area contributed by atoms with Crippen LogP contribution in [0.2, 0.25) is 0 Å². The van der Waals surface area contributed by atoms with Crippen LogP contribution in [0.1, 0.15) is 33.1 Å². The van der Waals surface area contributed by atoms with E-state index in [0.29, 0.717) is 17.5 Å². The average molecular weight is 257 g/mol. The highest BCUT2D eigenvalue weighted by Gasteiger charge is 2.23. The lowest BCUT2D eigenvalue weighted by Gasteiger charge is -2.38. The number of hydrogen-bond acceptors (Lipinski definition) is 3. The third kappa shape index (κ3) is 4.60. The Kier molecular flexibility index (Phi) is 5.85. The standard InChI is InChI=1S/C12H23N3OS/c1-3-4-12(16)15-7-5-14(6-8-15)10(2)9-11(13)17/h10H,3-9H2,1-2H3,(H2,13,17). The van der Waals surface area contributed by atoms with Crippen molar-refractivity contribution < 1.29 is 4.79 Å². The van der Waals surface area contributed by atoms with Gasteiger partial charge in [-0.15, -0.1) is 0 Å². The minimum Gasteiger partial charge on any atom is -0.393 e. The topological polar surface area (TPSA) is 49.6 Å². The highest BCUT2D eigenvalue weighted by atomic mass is 32.1. The molecule has 0 saturated carbocycles. The van der Waals surface area contributed by atoms with E-state index < -0.39 is 0 Å². The summed E-state index contributed by atoms with van der Waals surface area (Å²) in [5.41, 5.74) is 5.56. The number of nitrogens with zero attached hydrogens (tertiary/aromatic N) is 2. The van der Waals surface area contributed by atoms with Gasteiger partial charge in [-0.2, -0.15) is 0 Å². The Morgan fingerprint density at radius 1 is 1.35 bits per heavy atom. The van der Waals surface area contributed by atoms with Crippen molar-refractivity contribution in [2.24, 2.45) is 5.73 Å². The molecule has 2 N–H and O–H groups in total. The highest BCUT2D eigenvalue weighted by molar-refractivity contribution is 7.80. The summed E-state index contributed by atoms with van der Waals surface area (Å²) in [7, 11) is 0. The molecule has 5 heteroatoms. The van der Waals surface area contributed by atoms with Gasteiger partial charge in [-0.3, -0.25) is 9.69 Å². The molecule has 0 aromatic carbocycles. The Labute approximate surface area is 109 Å². The molecule has 1 saturated heterocycles. The lowest BCUT2D eigenvalue weighted by molar-refractivity contribution is -0.133. The number of carbonyl (C=O) groups excluding carboxylic acids is 1. The summed E-state index contributed by atoms with van der Waals surface area (Å²) in [5.74, 6) is 0.286. The molecule has 0 radical (unpaired) electrons. The maximum Gasteiger partial charge on any atom is 0.222 e. The first-order valence-corrected chi connectivity index (χ1v) is 6.75. The molecular formula is C12H23N3OS. The van der Waals surface area contributed by atoms with Crippen LogP contribution in [0.3, 0.4) is 0 Å². The van der Waals surface area contributed by atoms with Gasteiger partial charge in [0.25, 0.3) is 0 Å². The summed E-state index contributed by atoms with van der Waals surface area (Å²) in [6.07, 6.45) is 2.36. The summed E-state index contributed by atoms with van der Waals surface area (Å²) in [5, 5.41) is 0. The molecule has 1 atom stereocenters. The molecule has 0 aromatic rings. The molecule has 1 aliphatic heterocycles. The summed E-state index contributed by atoms with van der Waals surface area (Å²) in [6.45, 7) is 7.71. The molecule has 0 aliphatic carbocycles. The second kappa shape index (κ2) is 6.91. The van der Waals surface area contributed by atoms with Crippen LogP contribution in [0.25, 0.3) is 0 Å². The van der Waals surface area contributed by atoms with E-state index in [1.807, 2.05) is 11.8 Å². The van der Waals surface area contributed by atoms with E-state index in [9.17, 15) is 4.79 Å². The van der Waals surface area contributed by atoms with E-state index >= 15 is 0 Å². The number of rotatable bonds is 5. The van der Waals surface area contributed by atoms with Crippen LogP contribution in [0.5, 0.6) is 0 Å². The molecule has 98 valence electrons. The Morgan fingerprint density at radius 2 is 1.94 bits per heavy atom. The molecule has 0 aromatic heterocycles. The number of piperazine rings is 1. The van der Waals surface area contributed by atoms with Crippen molar-refractivity contribution in [1.29, 1.82) is 0 Å². The molecule has 1 unspecified atom stereocenters. The summed E-state index contributed by atoms with van der Waals surface area (Å²) < 4.78 is 0. The van der Waals surface area contributed by atoms with Gasteiger partial charge < -0.3 is 10.6 Å². The Balaban J connectivity index is 2.34. The molecule has 1 fully saturated rings. The largest absolute Gasteiger partial charge is 0.393 e. The first-order valence-electron chi connectivity index (χ1n) is 6.34. The molecule has 4 nitrogen and oxygen atoms in total. The zero-order chi connectivity index (χ0) is 12.8. The van der Waals surface area contributed by atoms with Crippen LogP contribution >= 0.6 is 12.2 Å². The first kappa shape index (κ1) is 14.4. The van der Waals surface area contributed by atoms with Crippen LogP contribution in [-0.4, -0.2) is 52.9 Å². The quantitative estimate of drug-likeness (QED) is 0.746. The number of thiocarbonyl (C=S) groups is 1. The molecular weight excluding hydrogens is 234 g/mol. The summed E-state index contributed by atoms with van der Waals surface area (Å²) in [6, 6.07) is 0.385. The predicted molar refractivity (Wildman–Crippen MR) is 73.9 cm³/mol. The summed E-state index contributed by atoms with van der Waals surface area (Å²) >= 11 is 4.93. The van der Waals surface area contributed by atoms with Gasteiger partial charge in [0.2, 0.25) is 5.91 Å². The molecule has 0 spiro atoms. The monoisotopic (exact) mass is 257 g/mol. The average Bonchev–Trinajstić information content (AvgIpc) is 2.28. The number of hydrogen-bond donors (Lipinski definition) is 1. The minimum atomic E-state index is 0.286. The van der Waals surface area contributed by atoms with Gasteiger partial charge in [0.05, 0.1) is 4.99 Å². The number of nitrogens with two attached hydrogens (primary N) is 1. The van der Waals surface area contributed by atoms with Crippen molar-refractivity contribution in [3.8, 4) is 0 Å². The SMILES string of the molecule is CCCC(=O)N1CCN(C(C)CC(N)=S)CC1. The van der Waals surface area contributed by atoms with E-state index in [0.717, 1.165) is 39.0 Å². The van der Waals surface area contributed by atoms with E-state index in [2.05, 4.69) is 11.8 Å². The third-order valence-corrected chi connectivity index (χ3v) is 3.42. The van der Waals surface area contributed by atoms with Gasteiger partial charge in [0.15, 0.2) is 0 Å². The fraction of sp³-hybridized carbons (Fsp3) is 0.833. The van der Waals surface area contributed by atoms with E-state index in [1.54, 1.807) is 0 Å². The van der Waals surface area contributed by atoms with Crippen LogP contribution in [0.4, 0.5) is 0 Å². The van der Waals surface area contributed by atoms with Gasteiger partial charge in [0, 0.05) is 45.1 Å². The fourth-order valence-electron chi connectivity index (χ4n) is 2.20. The Hall–Kier alpha value is -0.680. The van der Waals surface area contributed by atoms with Gasteiger partial charge >= 0.3 is 0 Å².